The fraction of sp³-hybridized carbons (Fsp3) is 0.500. The third-order valence-electron chi connectivity index (χ3n) is 4.04. The van der Waals surface area contributed by atoms with Gasteiger partial charge in [-0.2, -0.15) is 0 Å². The molecule has 0 bridgehead atoms. The molecule has 0 spiro atoms. The van der Waals surface area contributed by atoms with E-state index in [1.54, 1.807) is 39.0 Å². The van der Waals surface area contributed by atoms with Gasteiger partial charge in [-0.05, 0) is 39.0 Å². The molecule has 0 saturated carbocycles. The van der Waals surface area contributed by atoms with Crippen molar-refractivity contribution in [3.05, 3.63) is 29.0 Å². The third kappa shape index (κ3) is 6.18. The molecule has 1 aromatic heterocycles. The van der Waals surface area contributed by atoms with Gasteiger partial charge in [0.2, 0.25) is 0 Å². The number of hydrogen-bond acceptors (Lipinski definition) is 7. The number of carbonyl (C=O) groups is 2. The van der Waals surface area contributed by atoms with Crippen LogP contribution in [0, 0.1) is 0 Å². The number of fused-ring (bicyclic) bond motifs is 1. The van der Waals surface area contributed by atoms with Crippen LogP contribution in [0.2, 0.25) is 5.02 Å². The fourth-order valence-corrected chi connectivity index (χ4v) is 3.86. The Hall–Kier alpha value is -2.13. The minimum atomic E-state index is -3.52. The lowest BCUT2D eigenvalue weighted by Gasteiger charge is -2.22. The Morgan fingerprint density at radius 2 is 1.93 bits per heavy atom. The predicted octanol–water partition coefficient (Wildman–Crippen LogP) is 3.65. The Balaban J connectivity index is 2.43. The van der Waals surface area contributed by atoms with E-state index in [-0.39, 0.29) is 18.5 Å². The van der Waals surface area contributed by atoms with E-state index in [9.17, 15) is 19.3 Å². The van der Waals surface area contributed by atoms with Crippen molar-refractivity contribution in [3.63, 3.8) is 0 Å². The summed E-state index contributed by atoms with van der Waals surface area (Å²) in [6.07, 6.45) is -1.29. The Kier molecular flexibility index (Phi) is 7.52. The molecule has 0 aliphatic heterocycles. The summed E-state index contributed by atoms with van der Waals surface area (Å²) in [6, 6.07) is 3.56. The summed E-state index contributed by atoms with van der Waals surface area (Å²) in [5.74, 6) is -1.02. The summed E-state index contributed by atoms with van der Waals surface area (Å²) in [4.78, 5) is 28.2. The molecule has 0 aliphatic rings. The van der Waals surface area contributed by atoms with Gasteiger partial charge in [-0.25, -0.2) is 14.6 Å². The Morgan fingerprint density at radius 1 is 1.30 bits per heavy atom. The maximum atomic E-state index is 12.7. The molecular formula is C18H25ClN3O7P. The molecule has 1 atom stereocenters. The number of rotatable bonds is 8. The summed E-state index contributed by atoms with van der Waals surface area (Å²) in [7, 11) is -1.02. The standard InChI is InChI=1S/C18H25ClN3O7P/c1-18(2,3)29-17(25)21-13(16(23)24)9-15-20-12-7-6-11(19)8-14(12)22(15)10-30(26,27-4)28-5/h6-8,13H,9-10H2,1-5H3,(H,21,25)(H,23,24). The molecule has 2 rings (SSSR count). The SMILES string of the molecule is COP(=O)(Cn1c(CC(NC(=O)OC(C)(C)C)C(=O)O)nc2ccc(Cl)cc21)OC. The maximum Gasteiger partial charge on any atom is 0.408 e. The highest BCUT2D eigenvalue weighted by Gasteiger charge is 2.29. The van der Waals surface area contributed by atoms with Gasteiger partial charge in [0.25, 0.3) is 0 Å². The molecule has 30 heavy (non-hydrogen) atoms. The number of benzene rings is 1. The van der Waals surface area contributed by atoms with Crippen molar-refractivity contribution in [2.24, 2.45) is 0 Å². The van der Waals surface area contributed by atoms with Gasteiger partial charge in [0, 0.05) is 25.7 Å². The molecule has 0 aliphatic carbocycles. The van der Waals surface area contributed by atoms with Crippen LogP contribution < -0.4 is 5.32 Å². The van der Waals surface area contributed by atoms with E-state index in [1.807, 2.05) is 0 Å². The summed E-state index contributed by atoms with van der Waals surface area (Å²) in [5, 5.41) is 12.3. The average molecular weight is 462 g/mol. The van der Waals surface area contributed by atoms with E-state index in [0.717, 1.165) is 0 Å². The smallest absolute Gasteiger partial charge is 0.408 e. The number of carbonyl (C=O) groups excluding carboxylic acids is 1. The van der Waals surface area contributed by atoms with Crippen LogP contribution in [0.4, 0.5) is 4.79 Å². The molecule has 0 radical (unpaired) electrons. The van der Waals surface area contributed by atoms with E-state index in [4.69, 9.17) is 25.4 Å². The van der Waals surface area contributed by atoms with Crippen molar-refractivity contribution >= 4 is 42.3 Å². The highest BCUT2D eigenvalue weighted by Crippen LogP contribution is 2.49. The lowest BCUT2D eigenvalue weighted by molar-refractivity contribution is -0.139. The number of alkyl carbamates (subject to hydrolysis) is 1. The number of nitrogens with zero attached hydrogens (tertiary/aromatic N) is 2. The van der Waals surface area contributed by atoms with E-state index in [2.05, 4.69) is 10.3 Å². The number of carboxylic acid groups (broad SMARTS) is 1. The molecule has 0 saturated heterocycles. The number of nitrogens with one attached hydrogen (secondary N) is 1. The summed E-state index contributed by atoms with van der Waals surface area (Å²) in [5.41, 5.74) is 0.239. The van der Waals surface area contributed by atoms with Crippen LogP contribution in [0.15, 0.2) is 18.2 Å². The van der Waals surface area contributed by atoms with Crippen LogP contribution in [0.5, 0.6) is 0 Å². The van der Waals surface area contributed by atoms with Crippen LogP contribution in [0.1, 0.15) is 26.6 Å². The quantitative estimate of drug-likeness (QED) is 0.570. The van der Waals surface area contributed by atoms with Crippen molar-refractivity contribution in [1.29, 1.82) is 0 Å². The molecule has 12 heteroatoms. The largest absolute Gasteiger partial charge is 0.480 e. The molecule has 1 heterocycles. The number of hydrogen-bond donors (Lipinski definition) is 2. The number of ether oxygens (including phenoxy) is 1. The zero-order valence-corrected chi connectivity index (χ0v) is 19.0. The van der Waals surface area contributed by atoms with Gasteiger partial charge in [0.15, 0.2) is 0 Å². The van der Waals surface area contributed by atoms with Gasteiger partial charge in [-0.15, -0.1) is 0 Å². The molecule has 0 fully saturated rings. The number of imidazole rings is 1. The lowest BCUT2D eigenvalue weighted by Crippen LogP contribution is -2.45. The van der Waals surface area contributed by atoms with Crippen molar-refractivity contribution in [3.8, 4) is 0 Å². The first-order chi connectivity index (χ1) is 13.9. The molecule has 1 amide bonds. The fourth-order valence-electron chi connectivity index (χ4n) is 2.66. The van der Waals surface area contributed by atoms with Crippen molar-refractivity contribution in [2.75, 3.05) is 14.2 Å². The number of halogens is 1. The van der Waals surface area contributed by atoms with Crippen molar-refractivity contribution in [2.45, 2.75) is 45.1 Å². The molecule has 1 unspecified atom stereocenters. The average Bonchev–Trinajstić information content (AvgIpc) is 2.95. The molecular weight excluding hydrogens is 437 g/mol. The summed E-state index contributed by atoms with van der Waals surface area (Å²) in [6.45, 7) is 5.00. The third-order valence-corrected chi connectivity index (χ3v) is 6.01. The molecule has 2 aromatic rings. The van der Waals surface area contributed by atoms with Gasteiger partial charge in [-0.3, -0.25) is 4.57 Å². The minimum Gasteiger partial charge on any atom is -0.480 e. The van der Waals surface area contributed by atoms with Gasteiger partial charge in [0.05, 0.1) is 11.0 Å². The Bertz CT molecular complexity index is 978. The summed E-state index contributed by atoms with van der Waals surface area (Å²) >= 11 is 6.09. The Morgan fingerprint density at radius 3 is 2.47 bits per heavy atom. The second-order valence-corrected chi connectivity index (χ2v) is 10.1. The molecule has 1 aromatic carbocycles. The van der Waals surface area contributed by atoms with Crippen LogP contribution in [0.25, 0.3) is 11.0 Å². The molecule has 2 N–H and O–H groups in total. The van der Waals surface area contributed by atoms with Crippen LogP contribution >= 0.6 is 19.2 Å². The van der Waals surface area contributed by atoms with E-state index in [1.165, 1.54) is 18.8 Å². The number of carboxylic acids is 1. The second-order valence-electron chi connectivity index (χ2n) is 7.45. The van der Waals surface area contributed by atoms with Gasteiger partial charge in [0.1, 0.15) is 23.8 Å². The Labute approximate surface area is 179 Å². The number of aliphatic carboxylic acids is 1. The van der Waals surface area contributed by atoms with Crippen LogP contribution in [-0.4, -0.2) is 52.6 Å². The first-order valence-electron chi connectivity index (χ1n) is 8.95. The van der Waals surface area contributed by atoms with E-state index < -0.39 is 31.3 Å². The van der Waals surface area contributed by atoms with Gasteiger partial charge >= 0.3 is 19.7 Å². The molecule has 10 nitrogen and oxygen atoms in total. The van der Waals surface area contributed by atoms with Crippen molar-refractivity contribution < 1.29 is 33.0 Å². The highest BCUT2D eigenvalue weighted by atomic mass is 35.5. The van der Waals surface area contributed by atoms with Crippen LogP contribution in [0.3, 0.4) is 0 Å². The zero-order valence-electron chi connectivity index (χ0n) is 17.3. The topological polar surface area (TPSA) is 129 Å². The predicted molar refractivity (Wildman–Crippen MR) is 111 cm³/mol. The lowest BCUT2D eigenvalue weighted by atomic mass is 10.2. The van der Waals surface area contributed by atoms with E-state index >= 15 is 0 Å². The van der Waals surface area contributed by atoms with E-state index in [0.29, 0.717) is 16.1 Å². The molecule has 166 valence electrons. The maximum absolute atomic E-state index is 12.7. The minimum absolute atomic E-state index is 0.200. The first-order valence-corrected chi connectivity index (χ1v) is 11.1. The first kappa shape index (κ1) is 24.1. The monoisotopic (exact) mass is 461 g/mol. The zero-order chi connectivity index (χ0) is 22.7. The second kappa shape index (κ2) is 9.34. The number of aromatic nitrogens is 2. The summed E-state index contributed by atoms with van der Waals surface area (Å²) < 4.78 is 29.4. The van der Waals surface area contributed by atoms with Gasteiger partial charge in [-0.1, -0.05) is 11.6 Å². The van der Waals surface area contributed by atoms with Crippen molar-refractivity contribution in [1.82, 2.24) is 14.9 Å². The number of amides is 1. The highest BCUT2D eigenvalue weighted by molar-refractivity contribution is 7.52. The van der Waals surface area contributed by atoms with Crippen LogP contribution in [-0.2, 0) is 35.9 Å². The van der Waals surface area contributed by atoms with Gasteiger partial charge < -0.3 is 28.8 Å². The normalized spacial score (nSPS) is 13.3.